The molecule has 5 nitrogen and oxygen atoms in total. The monoisotopic (exact) mass is 1120 g/mol. The summed E-state index contributed by atoms with van der Waals surface area (Å²) >= 11 is 0. The zero-order valence-corrected chi connectivity index (χ0v) is 44.7. The molecule has 4 heterocycles. The van der Waals surface area contributed by atoms with Gasteiger partial charge in [-0.2, -0.15) is 0 Å². The van der Waals surface area contributed by atoms with Crippen molar-refractivity contribution in [3.63, 3.8) is 0 Å². The van der Waals surface area contributed by atoms with E-state index in [9.17, 15) is 4.39 Å². The molecule has 6 aromatic carbocycles. The molecule has 0 saturated carbocycles. The molecular weight excluding hydrogens is 1050 g/mol. The van der Waals surface area contributed by atoms with Crippen LogP contribution in [0, 0.1) is 24.8 Å². The fourth-order valence-electron chi connectivity index (χ4n) is 10.2. The predicted octanol–water partition coefficient (Wildman–Crippen LogP) is 17.2. The maximum absolute atomic E-state index is 12.8. The second-order valence-corrected chi connectivity index (χ2v) is 21.5. The molecule has 11 rings (SSSR count). The van der Waals surface area contributed by atoms with Gasteiger partial charge >= 0.3 is 0 Å². The average molecular weight is 1120 g/mol. The van der Waals surface area contributed by atoms with E-state index >= 15 is 0 Å². The van der Waals surface area contributed by atoms with E-state index in [1.165, 1.54) is 62.2 Å². The molecule has 361 valence electrons. The first-order chi connectivity index (χ1) is 34.5. The Bertz CT molecular complexity index is 3720. The number of fused-ring (bicyclic) bond motifs is 7. The van der Waals surface area contributed by atoms with Gasteiger partial charge in [0.2, 0.25) is 5.71 Å². The molecule has 0 unspecified atom stereocenters. The third-order valence-corrected chi connectivity index (χ3v) is 14.9. The number of imidazole rings is 1. The number of nitrogens with zero attached hydrogens (tertiary/aromatic N) is 4. The van der Waals surface area contributed by atoms with Crippen LogP contribution < -0.4 is 0 Å². The standard InChI is InChI=1S/C49H46N3O.C15H15FN.Ir/c1-28(2)38-25-32(31-22-24-34-33-15-10-11-18-40(33)48(6,7)49(8,9)41(34)27-31)26-39(29(3)4)44(38)52-43-20-13-12-19-42(43)51-46(52)37-17-14-16-35-36-23-21-30(5)50-47(36)53-45(35)37;1-15(2,3)12-8-9-17-14(10-12)11-4-6-13(16)7-5-11;/h10-16,18-29H,1-9H3;4,6-10H,1-3H3;/q2*-1;/i5D3;;. The van der Waals surface area contributed by atoms with Gasteiger partial charge in [-0.05, 0) is 139 Å². The summed E-state index contributed by atoms with van der Waals surface area (Å²) in [6, 6.07) is 51.0. The van der Waals surface area contributed by atoms with Crippen molar-refractivity contribution in [2.75, 3.05) is 0 Å². The Hall–Kier alpha value is -6.53. The summed E-state index contributed by atoms with van der Waals surface area (Å²) in [5.74, 6) is 0.801. The normalized spacial score (nSPS) is 14.6. The van der Waals surface area contributed by atoms with Crippen molar-refractivity contribution < 1.29 is 33.0 Å². The van der Waals surface area contributed by atoms with Crippen LogP contribution in [0.5, 0.6) is 0 Å². The summed E-state index contributed by atoms with van der Waals surface area (Å²) in [6.45, 7) is 22.7. The number of hydrogen-bond donors (Lipinski definition) is 0. The number of furan rings is 1. The van der Waals surface area contributed by atoms with Crippen LogP contribution >= 0.6 is 0 Å². The van der Waals surface area contributed by atoms with Crippen molar-refractivity contribution in [2.24, 2.45) is 0 Å². The van der Waals surface area contributed by atoms with Crippen LogP contribution in [0.4, 0.5) is 4.39 Å². The largest absolute Gasteiger partial charge is 0.486 e. The van der Waals surface area contributed by atoms with Crippen molar-refractivity contribution in [2.45, 2.75) is 111 Å². The van der Waals surface area contributed by atoms with E-state index in [-0.39, 0.29) is 65.4 Å². The summed E-state index contributed by atoms with van der Waals surface area (Å²) in [7, 11) is 0. The average Bonchev–Trinajstić information content (AvgIpc) is 3.94. The van der Waals surface area contributed by atoms with E-state index in [1.54, 1.807) is 24.4 Å². The molecule has 0 fully saturated rings. The minimum Gasteiger partial charge on any atom is -0.486 e. The van der Waals surface area contributed by atoms with Gasteiger partial charge in [0, 0.05) is 53.0 Å². The van der Waals surface area contributed by atoms with Crippen molar-refractivity contribution in [3.8, 4) is 50.6 Å². The smallest absolute Gasteiger partial charge is 0.216 e. The van der Waals surface area contributed by atoms with Crippen molar-refractivity contribution in [1.29, 1.82) is 0 Å². The van der Waals surface area contributed by atoms with E-state index in [1.807, 2.05) is 36.4 Å². The molecule has 1 radical (unpaired) electrons. The van der Waals surface area contributed by atoms with Gasteiger partial charge in [-0.3, -0.25) is 9.37 Å². The molecule has 0 bridgehead atoms. The Balaban J connectivity index is 0.000000317. The number of aryl methyl sites for hydroxylation is 1. The second-order valence-electron chi connectivity index (χ2n) is 21.5. The molecule has 0 atom stereocenters. The van der Waals surface area contributed by atoms with Crippen LogP contribution in [-0.2, 0) is 36.4 Å². The number of halogens is 1. The molecule has 0 spiro atoms. The first-order valence-corrected chi connectivity index (χ1v) is 24.3. The SMILES string of the molecule is CC(C)(C)c1ccnc(-c2[c-]cc(F)cc2)c1.[2H]C([2H])([2H])c1ccc2c(n1)oc1c(-c3nc4ccccc4n3-c3c(C(C)C)cc(-c4ccc5c(c4)C(C)(C)C(C)(C)c4ccccc4-5)cc3C(C)C)[c-]ccc12.[Ir]. The molecule has 1 aliphatic rings. The summed E-state index contributed by atoms with van der Waals surface area (Å²) in [5.41, 5.74) is 17.6. The number of aromatic nitrogens is 4. The van der Waals surface area contributed by atoms with E-state index in [2.05, 4.69) is 170 Å². The molecular formula is C64H61FIrN4O-2. The van der Waals surface area contributed by atoms with Crippen molar-refractivity contribution in [1.82, 2.24) is 19.5 Å². The molecule has 10 aromatic rings. The third kappa shape index (κ3) is 8.65. The summed E-state index contributed by atoms with van der Waals surface area (Å²) in [5, 5.41) is 1.59. The Morgan fingerprint density at radius 1 is 0.704 bits per heavy atom. The number of para-hydroxylation sites is 2. The van der Waals surface area contributed by atoms with Crippen LogP contribution in [0.1, 0.15) is 126 Å². The fourth-order valence-corrected chi connectivity index (χ4v) is 10.2. The van der Waals surface area contributed by atoms with Gasteiger partial charge in [0.05, 0.1) is 22.4 Å². The van der Waals surface area contributed by atoms with Crippen LogP contribution in [0.25, 0.3) is 83.7 Å². The molecule has 1 aliphatic carbocycles. The Morgan fingerprint density at radius 3 is 2.11 bits per heavy atom. The van der Waals surface area contributed by atoms with Gasteiger partial charge in [-0.1, -0.05) is 142 Å². The second kappa shape index (κ2) is 18.6. The van der Waals surface area contributed by atoms with E-state index < -0.39 is 6.85 Å². The Kier molecular flexibility index (Phi) is 11.9. The minimum atomic E-state index is -2.35. The van der Waals surface area contributed by atoms with Gasteiger partial charge in [-0.25, -0.2) is 4.98 Å². The first kappa shape index (κ1) is 45.6. The summed E-state index contributed by atoms with van der Waals surface area (Å²) in [4.78, 5) is 14.0. The van der Waals surface area contributed by atoms with Crippen LogP contribution in [0.3, 0.4) is 0 Å². The zero-order chi connectivity index (χ0) is 51.9. The quantitative estimate of drug-likeness (QED) is 0.156. The van der Waals surface area contributed by atoms with Gasteiger partial charge in [0.1, 0.15) is 0 Å². The summed E-state index contributed by atoms with van der Waals surface area (Å²) < 4.78 is 45.4. The number of hydrogen-bond acceptors (Lipinski definition) is 4. The number of pyridine rings is 2. The van der Waals surface area contributed by atoms with E-state index in [4.69, 9.17) is 13.5 Å². The zero-order valence-electron chi connectivity index (χ0n) is 45.3. The van der Waals surface area contributed by atoms with Gasteiger partial charge in [0.25, 0.3) is 0 Å². The molecule has 7 heteroatoms. The van der Waals surface area contributed by atoms with Crippen molar-refractivity contribution in [3.05, 3.63) is 191 Å². The van der Waals surface area contributed by atoms with E-state index in [0.29, 0.717) is 17.0 Å². The molecule has 0 saturated heterocycles. The van der Waals surface area contributed by atoms with Crippen LogP contribution in [0.15, 0.2) is 144 Å². The molecule has 71 heavy (non-hydrogen) atoms. The Morgan fingerprint density at radius 2 is 1.41 bits per heavy atom. The van der Waals surface area contributed by atoms with Gasteiger partial charge in [-0.15, -0.1) is 48.0 Å². The maximum Gasteiger partial charge on any atom is 0.216 e. The molecule has 0 N–H and O–H groups in total. The van der Waals surface area contributed by atoms with Gasteiger partial charge in [0.15, 0.2) is 0 Å². The van der Waals surface area contributed by atoms with Crippen LogP contribution in [-0.4, -0.2) is 19.5 Å². The topological polar surface area (TPSA) is 56.7 Å². The van der Waals surface area contributed by atoms with Crippen molar-refractivity contribution >= 4 is 33.1 Å². The van der Waals surface area contributed by atoms with E-state index in [0.717, 1.165) is 38.8 Å². The molecule has 4 aromatic heterocycles. The Labute approximate surface area is 436 Å². The number of rotatable bonds is 6. The minimum absolute atomic E-state index is 0. The van der Waals surface area contributed by atoms with Crippen LogP contribution in [0.2, 0.25) is 0 Å². The molecule has 0 aliphatic heterocycles. The third-order valence-electron chi connectivity index (χ3n) is 14.9. The summed E-state index contributed by atoms with van der Waals surface area (Å²) in [6.07, 6.45) is 1.78. The number of benzene rings is 6. The predicted molar refractivity (Wildman–Crippen MR) is 287 cm³/mol. The fraction of sp³-hybridized carbons (Fsp3) is 0.266. The molecule has 0 amide bonds. The first-order valence-electron chi connectivity index (χ1n) is 25.8. The van der Waals surface area contributed by atoms with Gasteiger partial charge < -0.3 is 14.0 Å². The maximum atomic E-state index is 12.8.